The van der Waals surface area contributed by atoms with Gasteiger partial charge < -0.3 is 30.5 Å². The number of ether oxygens (including phenoxy) is 1. The van der Waals surface area contributed by atoms with Crippen LogP contribution in [0.1, 0.15) is 17.5 Å². The molecule has 0 fully saturated rings. The van der Waals surface area contributed by atoms with E-state index in [1.807, 2.05) is 0 Å². The molecule has 584 valence electrons. The summed E-state index contributed by atoms with van der Waals surface area (Å²) in [5.41, 5.74) is -5.30. The summed E-state index contributed by atoms with van der Waals surface area (Å²) in [7, 11) is -40.5. The normalized spacial score (nSPS) is 13.2. The summed E-state index contributed by atoms with van der Waals surface area (Å²) in [6.45, 7) is 2.15. The third-order valence-corrected chi connectivity index (χ3v) is 23.0. The van der Waals surface area contributed by atoms with Gasteiger partial charge in [-0.05, 0) is 163 Å². The van der Waals surface area contributed by atoms with Crippen LogP contribution >= 0.6 is 11.6 Å². The highest BCUT2D eigenvalue weighted by molar-refractivity contribution is 7.87. The van der Waals surface area contributed by atoms with Crippen LogP contribution in [0.3, 0.4) is 0 Å². The minimum absolute atomic E-state index is 0.0196. The standard InChI is InChI=1S/C63H48ClN11O29S8/c1-29-16-48(51(104-13-4-14-105(80,81)82)28-47(29)68-70-49-25-39(108(89,90)91)18-33-19-40(109(92,93)94)26-50(76)55(33)49)69-74-58-53(111(98,99)100)21-32-17-35(9-10-41(32)61(58)77)66-72-57-44-27-54(112(101,102)103)60(62(78)42(44)11-12-46(57)65-34-5-3-6-37(22-34)106(83,84)85)73-67-36-8-7-31-20-52(110(95,96)97)59(63(79)43(31)23-36)75-71-56-30(2)15-38(24-45(56)64)107(86,87)88/h3,5-12,15-28,65,76-79H,4,13-14H2,1-2H3,(H,80,81,82)(H,83,84,85)(H,86,87,88)(H,89,90,91)(H,92,93,94)(H,95,96,97)(H,98,99,100)(H,101,102,103)/b70-68-,72-66?,73-67+,74-69?,75-71-. The zero-order valence-electron chi connectivity index (χ0n) is 55.8. The molecule has 112 heavy (non-hydrogen) atoms. The Morgan fingerprint density at radius 2 is 0.875 bits per heavy atom. The van der Waals surface area contributed by atoms with Crippen LogP contribution < -0.4 is 10.1 Å². The molecule has 0 spiro atoms. The number of halogens is 1. The van der Waals surface area contributed by atoms with Crippen molar-refractivity contribution in [3.63, 3.8) is 0 Å². The molecule has 40 nitrogen and oxygen atoms in total. The molecule has 0 aromatic heterocycles. The lowest BCUT2D eigenvalue weighted by molar-refractivity contribution is 0.317. The fraction of sp³-hybridized carbons (Fsp3) is 0.0794. The molecular formula is C63H48ClN11O29S8. The van der Waals surface area contributed by atoms with Gasteiger partial charge in [-0.1, -0.05) is 23.7 Å². The van der Waals surface area contributed by atoms with E-state index in [-0.39, 0.29) is 101 Å². The number of azo groups is 5. The molecule has 0 saturated carbocycles. The number of aromatic hydroxyl groups is 4. The van der Waals surface area contributed by atoms with Gasteiger partial charge in [-0.2, -0.15) is 82.7 Å². The van der Waals surface area contributed by atoms with Crippen molar-refractivity contribution in [1.82, 2.24) is 0 Å². The number of rotatable bonds is 24. The van der Waals surface area contributed by atoms with E-state index in [0.717, 1.165) is 103 Å². The molecule has 11 aromatic carbocycles. The van der Waals surface area contributed by atoms with Crippen LogP contribution in [0.2, 0.25) is 5.02 Å². The summed E-state index contributed by atoms with van der Waals surface area (Å²) in [6.07, 6.45) is -0.381. The van der Waals surface area contributed by atoms with Gasteiger partial charge in [0.2, 0.25) is 0 Å². The summed E-state index contributed by atoms with van der Waals surface area (Å²) in [5.74, 6) is -5.07. The highest BCUT2D eigenvalue weighted by Gasteiger charge is 2.29. The van der Waals surface area contributed by atoms with Crippen molar-refractivity contribution < 1.29 is 129 Å². The van der Waals surface area contributed by atoms with Crippen LogP contribution in [0.15, 0.2) is 225 Å². The number of phenolic OH excluding ortho intramolecular Hbond substituents is 4. The number of hydrogen-bond donors (Lipinski definition) is 13. The highest BCUT2D eigenvalue weighted by atomic mass is 35.5. The van der Waals surface area contributed by atoms with Crippen LogP contribution in [-0.2, 0) is 80.9 Å². The quantitative estimate of drug-likeness (QED) is 0.0152. The molecule has 0 aliphatic heterocycles. The van der Waals surface area contributed by atoms with E-state index in [9.17, 15) is 124 Å². The zero-order valence-corrected chi connectivity index (χ0v) is 63.1. The predicted octanol–water partition coefficient (Wildman–Crippen LogP) is 14.6. The Bertz CT molecular complexity index is 7050. The molecule has 0 heterocycles. The lowest BCUT2D eigenvalue weighted by atomic mass is 10.0. The minimum Gasteiger partial charge on any atom is -0.507 e. The Morgan fingerprint density at radius 3 is 1.47 bits per heavy atom. The van der Waals surface area contributed by atoms with Gasteiger partial charge >= 0.3 is 0 Å². The molecule has 0 aliphatic carbocycles. The van der Waals surface area contributed by atoms with E-state index in [1.165, 1.54) is 44.2 Å². The molecule has 0 bridgehead atoms. The minimum atomic E-state index is -5.54. The van der Waals surface area contributed by atoms with Crippen molar-refractivity contribution in [2.45, 2.75) is 54.5 Å². The van der Waals surface area contributed by atoms with Gasteiger partial charge in [0, 0.05) is 39.4 Å². The fourth-order valence-corrected chi connectivity index (χ4v) is 15.9. The molecule has 13 N–H and O–H groups in total. The van der Waals surface area contributed by atoms with Crippen molar-refractivity contribution in [1.29, 1.82) is 0 Å². The topological polar surface area (TPSA) is 661 Å². The zero-order chi connectivity index (χ0) is 82.1. The molecule has 0 aliphatic rings. The van der Waals surface area contributed by atoms with Gasteiger partial charge in [0.05, 0.1) is 70.8 Å². The molecule has 49 heteroatoms. The highest BCUT2D eigenvalue weighted by Crippen LogP contribution is 2.51. The number of benzene rings is 11. The second-order valence-corrected chi connectivity index (χ2v) is 35.5. The second-order valence-electron chi connectivity index (χ2n) is 23.7. The van der Waals surface area contributed by atoms with E-state index >= 15 is 0 Å². The van der Waals surface area contributed by atoms with Gasteiger partial charge in [0.1, 0.15) is 60.3 Å². The molecule has 0 saturated heterocycles. The number of nitrogens with one attached hydrogen (secondary N) is 1. The van der Waals surface area contributed by atoms with E-state index in [1.54, 1.807) is 0 Å². The molecular weight excluding hydrogens is 1670 g/mol. The lowest BCUT2D eigenvalue weighted by Gasteiger charge is -2.15. The van der Waals surface area contributed by atoms with Crippen LogP contribution in [0.25, 0.3) is 43.1 Å². The largest absolute Gasteiger partial charge is 0.507 e. The van der Waals surface area contributed by atoms with Gasteiger partial charge in [-0.15, -0.1) is 35.8 Å². The Morgan fingerprint density at radius 1 is 0.375 bits per heavy atom. The lowest BCUT2D eigenvalue weighted by Crippen LogP contribution is -2.08. The number of aryl methyl sites for hydroxylation is 2. The average molecular weight is 1720 g/mol. The maximum atomic E-state index is 13.4. The van der Waals surface area contributed by atoms with Crippen LogP contribution in [0.5, 0.6) is 28.7 Å². The SMILES string of the molecule is Cc1cc(N=Nc2c(S(=O)(=O)O)cc3cc(N=Nc4c(Nc5cccc(S(=O)(=O)O)c5)ccc5c(O)c(/N=N/c6ccc7cc(S(=O)(=O)O)c(/N=N\c8c(C)cc(S(=O)(=O)O)cc8Cl)c(O)c7c6)c(S(=O)(=O)O)cc45)ccc3c2O)c(OCCCS(=O)(=O)O)cc1/N=N\c1cc(S(=O)(=O)O)cc2cc(S(=O)(=O)O)cc(O)c12. The predicted molar refractivity (Wildman–Crippen MR) is 396 cm³/mol. The van der Waals surface area contributed by atoms with Gasteiger partial charge in [-0.25, -0.2) is 0 Å². The molecule has 0 radical (unpaired) electrons. The van der Waals surface area contributed by atoms with E-state index in [4.69, 9.17) is 16.3 Å². The van der Waals surface area contributed by atoms with Crippen molar-refractivity contribution in [2.24, 2.45) is 51.1 Å². The Labute approximate surface area is 636 Å². The summed E-state index contributed by atoms with van der Waals surface area (Å²) in [4.78, 5) is -6.33. The van der Waals surface area contributed by atoms with Gasteiger partial charge in [0.25, 0.3) is 80.9 Å². The number of phenols is 4. The molecule has 0 atom stereocenters. The first-order valence-corrected chi connectivity index (χ1v) is 42.5. The average Bonchev–Trinajstić information content (AvgIpc) is 0.751. The van der Waals surface area contributed by atoms with Gasteiger partial charge in [0.15, 0.2) is 17.2 Å². The first-order chi connectivity index (χ1) is 51.9. The summed E-state index contributed by atoms with van der Waals surface area (Å²) in [6, 6.07) is 22.8. The van der Waals surface area contributed by atoms with Crippen molar-refractivity contribution in [3.05, 3.63) is 156 Å². The van der Waals surface area contributed by atoms with E-state index in [0.29, 0.717) is 6.07 Å². The smallest absolute Gasteiger partial charge is 0.296 e. The summed E-state index contributed by atoms with van der Waals surface area (Å²) >= 11 is 6.22. The van der Waals surface area contributed by atoms with E-state index < -0.39 is 189 Å². The first kappa shape index (κ1) is 81.8. The molecule has 0 unspecified atom stereocenters. The van der Waals surface area contributed by atoms with Crippen LogP contribution in [-0.4, -0.2) is 137 Å². The van der Waals surface area contributed by atoms with Crippen molar-refractivity contribution >= 4 is 204 Å². The molecule has 11 rings (SSSR count). The van der Waals surface area contributed by atoms with Gasteiger partial charge in [-0.3, -0.25) is 36.4 Å². The van der Waals surface area contributed by atoms with Crippen LogP contribution in [0.4, 0.5) is 68.2 Å². The number of anilines is 2. The maximum absolute atomic E-state index is 13.4. The van der Waals surface area contributed by atoms with Crippen LogP contribution in [0, 0.1) is 13.8 Å². The number of fused-ring (bicyclic) bond motifs is 4. The third-order valence-electron chi connectivity index (χ3n) is 16.0. The maximum Gasteiger partial charge on any atom is 0.296 e. The summed E-state index contributed by atoms with van der Waals surface area (Å²) in [5, 5.41) is 86.5. The molecule has 11 aromatic rings. The number of hydrogen-bond acceptors (Lipinski definition) is 32. The Balaban J connectivity index is 0.986. The fourth-order valence-electron chi connectivity index (χ4n) is 10.9. The van der Waals surface area contributed by atoms with E-state index in [2.05, 4.69) is 56.5 Å². The summed E-state index contributed by atoms with van der Waals surface area (Å²) < 4.78 is 284. The third kappa shape index (κ3) is 18.1. The molecule has 0 amide bonds. The van der Waals surface area contributed by atoms with Crippen molar-refractivity contribution in [2.75, 3.05) is 17.7 Å². The number of nitrogens with zero attached hydrogens (tertiary/aromatic N) is 10. The Hall–Kier alpha value is -11.2. The first-order valence-electron chi connectivity index (χ1n) is 30.5. The Kier molecular flexibility index (Phi) is 22.0. The second kappa shape index (κ2) is 30.2. The monoisotopic (exact) mass is 1710 g/mol. The van der Waals surface area contributed by atoms with Crippen molar-refractivity contribution in [3.8, 4) is 28.7 Å².